The summed E-state index contributed by atoms with van der Waals surface area (Å²) in [6, 6.07) is 14.3. The molecule has 1 aromatic heterocycles. The van der Waals surface area contributed by atoms with E-state index >= 15 is 0 Å². The van der Waals surface area contributed by atoms with Crippen LogP contribution in [0.5, 0.6) is 0 Å². The predicted molar refractivity (Wildman–Crippen MR) is 107 cm³/mol. The molecule has 0 saturated carbocycles. The van der Waals surface area contributed by atoms with E-state index in [0.29, 0.717) is 36.5 Å². The highest BCUT2D eigenvalue weighted by atomic mass is 32.2. The summed E-state index contributed by atoms with van der Waals surface area (Å²) in [4.78, 5) is 12.9. The largest absolute Gasteiger partial charge is 0.348 e. The van der Waals surface area contributed by atoms with Gasteiger partial charge in [-0.05, 0) is 38.0 Å². The number of sulfonamides is 1. The van der Waals surface area contributed by atoms with Gasteiger partial charge in [-0.2, -0.15) is 9.40 Å². The van der Waals surface area contributed by atoms with Crippen molar-refractivity contribution in [3.63, 3.8) is 0 Å². The first kappa shape index (κ1) is 18.6. The number of H-pyrrole nitrogens is 1. The average molecular weight is 398 g/mol. The minimum absolute atomic E-state index is 0.0765. The highest BCUT2D eigenvalue weighted by Crippen LogP contribution is 2.22. The van der Waals surface area contributed by atoms with Gasteiger partial charge < -0.3 is 5.32 Å². The summed E-state index contributed by atoms with van der Waals surface area (Å²) in [5, 5.41) is 10.7. The van der Waals surface area contributed by atoms with Crippen molar-refractivity contribution in [2.45, 2.75) is 30.7 Å². The molecule has 28 heavy (non-hydrogen) atoms. The number of para-hydroxylation sites is 1. The Morgan fingerprint density at radius 2 is 1.79 bits per heavy atom. The van der Waals surface area contributed by atoms with Crippen molar-refractivity contribution in [1.82, 2.24) is 19.8 Å². The Bertz CT molecular complexity index is 1100. The van der Waals surface area contributed by atoms with E-state index in [0.717, 1.165) is 16.5 Å². The second kappa shape index (κ2) is 7.37. The molecule has 1 aliphatic rings. The summed E-state index contributed by atoms with van der Waals surface area (Å²) >= 11 is 0. The number of carbonyl (C=O) groups excluding carboxylic acids is 1. The summed E-state index contributed by atoms with van der Waals surface area (Å²) in [5.41, 5.74) is 2.20. The van der Waals surface area contributed by atoms with Crippen molar-refractivity contribution in [3.8, 4) is 0 Å². The number of rotatable bonds is 4. The van der Waals surface area contributed by atoms with Gasteiger partial charge in [0.05, 0.1) is 10.4 Å². The molecular weight excluding hydrogens is 376 g/mol. The maximum Gasteiger partial charge on any atom is 0.272 e. The van der Waals surface area contributed by atoms with Crippen molar-refractivity contribution in [2.75, 3.05) is 13.1 Å². The van der Waals surface area contributed by atoms with Gasteiger partial charge >= 0.3 is 0 Å². The fourth-order valence-corrected chi connectivity index (χ4v) is 4.96. The Labute approximate surface area is 163 Å². The lowest BCUT2D eigenvalue weighted by Crippen LogP contribution is -2.46. The van der Waals surface area contributed by atoms with E-state index in [1.807, 2.05) is 31.2 Å². The topological polar surface area (TPSA) is 95.2 Å². The molecule has 1 aliphatic heterocycles. The molecule has 8 heteroatoms. The van der Waals surface area contributed by atoms with Gasteiger partial charge in [0.25, 0.3) is 5.91 Å². The van der Waals surface area contributed by atoms with E-state index in [4.69, 9.17) is 0 Å². The number of aromatic amines is 1. The Morgan fingerprint density at radius 1 is 1.11 bits per heavy atom. The number of fused-ring (bicyclic) bond motifs is 1. The number of hydrogen-bond acceptors (Lipinski definition) is 4. The molecule has 0 bridgehead atoms. The molecule has 2 heterocycles. The quantitative estimate of drug-likeness (QED) is 0.706. The van der Waals surface area contributed by atoms with Gasteiger partial charge in [-0.25, -0.2) is 8.42 Å². The molecule has 0 radical (unpaired) electrons. The van der Waals surface area contributed by atoms with Gasteiger partial charge in [0.1, 0.15) is 0 Å². The molecular formula is C20H22N4O3S. The monoisotopic (exact) mass is 398 g/mol. The molecule has 0 unspecified atom stereocenters. The minimum Gasteiger partial charge on any atom is -0.348 e. The Balaban J connectivity index is 1.40. The molecule has 2 N–H and O–H groups in total. The molecule has 4 rings (SSSR count). The van der Waals surface area contributed by atoms with Crippen molar-refractivity contribution in [2.24, 2.45) is 0 Å². The van der Waals surface area contributed by atoms with Crippen LogP contribution in [0.2, 0.25) is 0 Å². The van der Waals surface area contributed by atoms with Gasteiger partial charge in [0.2, 0.25) is 10.0 Å². The molecule has 1 fully saturated rings. The van der Waals surface area contributed by atoms with Crippen LogP contribution in [0.3, 0.4) is 0 Å². The molecule has 146 valence electrons. The second-order valence-corrected chi connectivity index (χ2v) is 9.02. The maximum atomic E-state index is 12.8. The highest BCUT2D eigenvalue weighted by molar-refractivity contribution is 7.89. The predicted octanol–water partition coefficient (Wildman–Crippen LogP) is 2.45. The number of piperidine rings is 1. The first-order chi connectivity index (χ1) is 13.4. The SMILES string of the molecule is Cc1ccc(S(=O)(=O)N2CCC(NC(=O)c3n[nH]c4ccccc34)CC2)cc1. The van der Waals surface area contributed by atoms with Gasteiger partial charge in [0.15, 0.2) is 5.69 Å². The van der Waals surface area contributed by atoms with E-state index in [1.165, 1.54) is 4.31 Å². The lowest BCUT2D eigenvalue weighted by atomic mass is 10.1. The molecule has 1 amide bonds. The zero-order chi connectivity index (χ0) is 19.7. The normalized spacial score (nSPS) is 16.3. The smallest absolute Gasteiger partial charge is 0.272 e. The second-order valence-electron chi connectivity index (χ2n) is 7.08. The molecule has 0 spiro atoms. The summed E-state index contributed by atoms with van der Waals surface area (Å²) in [5.74, 6) is -0.239. The summed E-state index contributed by atoms with van der Waals surface area (Å²) in [6.07, 6.45) is 1.14. The van der Waals surface area contributed by atoms with Gasteiger partial charge in [0, 0.05) is 24.5 Å². The Kier molecular flexibility index (Phi) is 4.91. The summed E-state index contributed by atoms with van der Waals surface area (Å²) in [7, 11) is -3.50. The summed E-state index contributed by atoms with van der Waals surface area (Å²) < 4.78 is 27.1. The van der Waals surface area contributed by atoms with E-state index in [-0.39, 0.29) is 11.9 Å². The number of hydrogen-bond donors (Lipinski definition) is 2. The van der Waals surface area contributed by atoms with Crippen LogP contribution in [0.4, 0.5) is 0 Å². The van der Waals surface area contributed by atoms with Gasteiger partial charge in [-0.1, -0.05) is 35.9 Å². The highest BCUT2D eigenvalue weighted by Gasteiger charge is 2.30. The first-order valence-corrected chi connectivity index (χ1v) is 10.7. The number of nitrogens with zero attached hydrogens (tertiary/aromatic N) is 2. The van der Waals surface area contributed by atoms with Crippen molar-refractivity contribution >= 4 is 26.8 Å². The van der Waals surface area contributed by atoms with E-state index in [9.17, 15) is 13.2 Å². The average Bonchev–Trinajstić information content (AvgIpc) is 3.13. The molecule has 1 saturated heterocycles. The molecule has 3 aromatic rings. The number of nitrogens with one attached hydrogen (secondary N) is 2. The molecule has 0 aliphatic carbocycles. The third-order valence-corrected chi connectivity index (χ3v) is 7.05. The van der Waals surface area contributed by atoms with Crippen LogP contribution in [-0.4, -0.2) is 48.0 Å². The van der Waals surface area contributed by atoms with E-state index in [2.05, 4.69) is 15.5 Å². The van der Waals surface area contributed by atoms with Gasteiger partial charge in [-0.15, -0.1) is 0 Å². The summed E-state index contributed by atoms with van der Waals surface area (Å²) in [6.45, 7) is 2.68. The fraction of sp³-hybridized carbons (Fsp3) is 0.300. The molecule has 7 nitrogen and oxygen atoms in total. The molecule has 2 aromatic carbocycles. The third-order valence-electron chi connectivity index (χ3n) is 5.13. The van der Waals surface area contributed by atoms with Crippen molar-refractivity contribution < 1.29 is 13.2 Å². The number of aromatic nitrogens is 2. The lowest BCUT2D eigenvalue weighted by Gasteiger charge is -2.31. The van der Waals surface area contributed by atoms with Crippen molar-refractivity contribution in [1.29, 1.82) is 0 Å². The minimum atomic E-state index is -3.50. The maximum absolute atomic E-state index is 12.8. The number of amides is 1. The van der Waals surface area contributed by atoms with Crippen LogP contribution in [0.25, 0.3) is 10.9 Å². The third kappa shape index (κ3) is 3.53. The zero-order valence-electron chi connectivity index (χ0n) is 15.6. The van der Waals surface area contributed by atoms with Crippen LogP contribution in [0.15, 0.2) is 53.4 Å². The van der Waals surface area contributed by atoms with Crippen LogP contribution in [0, 0.1) is 6.92 Å². The lowest BCUT2D eigenvalue weighted by molar-refractivity contribution is 0.0920. The van der Waals surface area contributed by atoms with Crippen LogP contribution < -0.4 is 5.32 Å². The van der Waals surface area contributed by atoms with Crippen LogP contribution in [0.1, 0.15) is 28.9 Å². The van der Waals surface area contributed by atoms with E-state index in [1.54, 1.807) is 24.3 Å². The fourth-order valence-electron chi connectivity index (χ4n) is 3.49. The van der Waals surface area contributed by atoms with E-state index < -0.39 is 10.0 Å². The Hall–Kier alpha value is -2.71. The van der Waals surface area contributed by atoms with Crippen LogP contribution in [-0.2, 0) is 10.0 Å². The zero-order valence-corrected chi connectivity index (χ0v) is 16.4. The standard InChI is InChI=1S/C20H22N4O3S/c1-14-6-8-16(9-7-14)28(26,27)24-12-10-15(11-13-24)21-20(25)19-17-4-2-3-5-18(17)22-23-19/h2-9,15H,10-13H2,1H3,(H,21,25)(H,22,23). The van der Waals surface area contributed by atoms with Crippen LogP contribution >= 0.6 is 0 Å². The number of carbonyl (C=O) groups is 1. The van der Waals surface area contributed by atoms with Crippen molar-refractivity contribution in [3.05, 3.63) is 59.8 Å². The Morgan fingerprint density at radius 3 is 2.50 bits per heavy atom. The number of benzene rings is 2. The van der Waals surface area contributed by atoms with Gasteiger partial charge in [-0.3, -0.25) is 9.89 Å². The molecule has 0 atom stereocenters. The number of aryl methyl sites for hydroxylation is 1. The first-order valence-electron chi connectivity index (χ1n) is 9.26.